The largest absolute Gasteiger partial charge is 0.477 e. The van der Waals surface area contributed by atoms with E-state index in [1.807, 2.05) is 36.1 Å². The number of carbonyl (C=O) groups is 4. The number of hydrogen-bond donors (Lipinski definition) is 3. The van der Waals surface area contributed by atoms with E-state index >= 15 is 0 Å². The fraction of sp³-hybridized carbons (Fsp3) is 0.320. The van der Waals surface area contributed by atoms with E-state index in [9.17, 15) is 24.3 Å². The Morgan fingerprint density at radius 2 is 2.15 bits per heavy atom. The third-order valence-electron chi connectivity index (χ3n) is 6.83. The van der Waals surface area contributed by atoms with Crippen molar-refractivity contribution in [3.63, 3.8) is 0 Å². The summed E-state index contributed by atoms with van der Waals surface area (Å²) in [7, 11) is 3.14. The molecule has 2 fully saturated rings. The first-order valence-electron chi connectivity index (χ1n) is 12.1. The number of rotatable bonds is 7. The highest BCUT2D eigenvalue weighted by Gasteiger charge is 2.53. The number of aryl methyl sites for hydroxylation is 1. The van der Waals surface area contributed by atoms with Gasteiger partial charge in [0.2, 0.25) is 0 Å². The maximum Gasteiger partial charge on any atom is 0.352 e. The molecule has 0 radical (unpaired) electrons. The van der Waals surface area contributed by atoms with Gasteiger partial charge in [-0.2, -0.15) is 0 Å². The molecule has 39 heavy (non-hydrogen) atoms. The number of nitrogens with one attached hydrogen (secondary N) is 1. The van der Waals surface area contributed by atoms with Gasteiger partial charge < -0.3 is 25.9 Å². The van der Waals surface area contributed by atoms with Crippen LogP contribution in [0.25, 0.3) is 0 Å². The second-order valence-electron chi connectivity index (χ2n) is 9.24. The molecule has 0 aromatic carbocycles. The molecule has 3 aliphatic heterocycles. The summed E-state index contributed by atoms with van der Waals surface area (Å²) in [4.78, 5) is 63.0. The van der Waals surface area contributed by atoms with Gasteiger partial charge in [0.15, 0.2) is 23.2 Å². The molecule has 3 aliphatic rings. The van der Waals surface area contributed by atoms with Crippen LogP contribution in [0.3, 0.4) is 0 Å². The third-order valence-corrected chi connectivity index (χ3v) is 7.51. The summed E-state index contributed by atoms with van der Waals surface area (Å²) in [5.41, 5.74) is 7.16. The van der Waals surface area contributed by atoms with E-state index in [1.54, 1.807) is 11.0 Å². The van der Waals surface area contributed by atoms with Gasteiger partial charge in [-0.05, 0) is 37.0 Å². The van der Waals surface area contributed by atoms with Crippen molar-refractivity contribution in [2.75, 3.05) is 24.3 Å². The van der Waals surface area contributed by atoms with Crippen molar-refractivity contribution in [3.8, 4) is 0 Å². The second kappa shape index (κ2) is 10.3. The summed E-state index contributed by atoms with van der Waals surface area (Å²) in [6.07, 6.45) is 6.48. The van der Waals surface area contributed by atoms with Crippen molar-refractivity contribution in [1.82, 2.24) is 15.2 Å². The second-order valence-corrected chi connectivity index (χ2v) is 10.1. The maximum atomic E-state index is 13.1. The number of amides is 3. The molecule has 0 bridgehead atoms. The Balaban J connectivity index is 1.35. The highest BCUT2D eigenvalue weighted by molar-refractivity contribution is 7.13. The molecule has 0 spiro atoms. The molecular formula is C25H26N7O6S+. The van der Waals surface area contributed by atoms with Crippen LogP contribution in [0, 0.1) is 0 Å². The molecule has 2 aromatic heterocycles. The van der Waals surface area contributed by atoms with Crippen molar-refractivity contribution >= 4 is 51.6 Å². The van der Waals surface area contributed by atoms with Crippen LogP contribution in [0.15, 0.2) is 58.0 Å². The minimum absolute atomic E-state index is 0.150. The number of pyridine rings is 1. The van der Waals surface area contributed by atoms with Crippen LogP contribution in [0.4, 0.5) is 10.8 Å². The number of oxime groups is 1. The van der Waals surface area contributed by atoms with Crippen LogP contribution in [0.5, 0.6) is 0 Å². The Kier molecular flexibility index (Phi) is 6.87. The van der Waals surface area contributed by atoms with Crippen LogP contribution >= 0.6 is 11.3 Å². The average molecular weight is 553 g/mol. The Hall–Kier alpha value is -4.59. The van der Waals surface area contributed by atoms with Crippen LogP contribution < -0.4 is 20.5 Å². The molecule has 0 unspecified atom stereocenters. The van der Waals surface area contributed by atoms with Crippen LogP contribution in [0.2, 0.25) is 0 Å². The van der Waals surface area contributed by atoms with E-state index in [4.69, 9.17) is 10.6 Å². The maximum absolute atomic E-state index is 13.1. The van der Waals surface area contributed by atoms with Gasteiger partial charge in [0.25, 0.3) is 17.7 Å². The van der Waals surface area contributed by atoms with Gasteiger partial charge in [-0.25, -0.2) is 14.3 Å². The zero-order chi connectivity index (χ0) is 27.8. The fourth-order valence-corrected chi connectivity index (χ4v) is 5.62. The smallest absolute Gasteiger partial charge is 0.352 e. The number of carbonyl (C=O) groups excluding carboxylic acids is 3. The number of carboxylic acids is 1. The van der Waals surface area contributed by atoms with Gasteiger partial charge in [-0.15, -0.1) is 11.3 Å². The monoisotopic (exact) mass is 552 g/mol. The number of anilines is 2. The Labute approximate surface area is 226 Å². The van der Waals surface area contributed by atoms with Crippen molar-refractivity contribution in [2.24, 2.45) is 12.2 Å². The number of carboxylic acid groups (broad SMARTS) is 1. The quantitative estimate of drug-likeness (QED) is 0.143. The summed E-state index contributed by atoms with van der Waals surface area (Å²) >= 11 is 1.12. The summed E-state index contributed by atoms with van der Waals surface area (Å²) in [6.45, 7) is 0.472. The predicted octanol–water partition coefficient (Wildman–Crippen LogP) is 0.0917. The highest BCUT2D eigenvalue weighted by atomic mass is 32.1. The molecular weight excluding hydrogens is 526 g/mol. The number of fused-ring (bicyclic) bond motifs is 1. The first kappa shape index (κ1) is 26.0. The van der Waals surface area contributed by atoms with Crippen LogP contribution in [-0.2, 0) is 31.1 Å². The van der Waals surface area contributed by atoms with Crippen molar-refractivity contribution in [3.05, 3.63) is 58.5 Å². The molecule has 5 heterocycles. The first-order valence-corrected chi connectivity index (χ1v) is 13.0. The first-order chi connectivity index (χ1) is 18.7. The molecule has 0 saturated carbocycles. The van der Waals surface area contributed by atoms with E-state index in [0.717, 1.165) is 17.0 Å². The molecule has 0 aliphatic carbocycles. The van der Waals surface area contributed by atoms with Gasteiger partial charge in [0, 0.05) is 23.6 Å². The molecule has 2 atom stereocenters. The molecule has 4 N–H and O–H groups in total. The zero-order valence-corrected chi connectivity index (χ0v) is 22.0. The minimum atomic E-state index is -1.28. The normalized spacial score (nSPS) is 22.2. The number of nitrogens with zero attached hydrogens (tertiary/aromatic N) is 5. The van der Waals surface area contributed by atoms with Gasteiger partial charge in [-0.3, -0.25) is 19.3 Å². The van der Waals surface area contributed by atoms with E-state index in [1.165, 1.54) is 17.4 Å². The number of hydrogen-bond acceptors (Lipinski definition) is 9. The summed E-state index contributed by atoms with van der Waals surface area (Å²) in [5.74, 6) is -2.73. The number of aromatic nitrogens is 2. The van der Waals surface area contributed by atoms with Crippen molar-refractivity contribution in [2.45, 2.75) is 31.3 Å². The third kappa shape index (κ3) is 4.74. The number of thiazole rings is 1. The lowest BCUT2D eigenvalue weighted by molar-refractivity contribution is -0.670. The number of nitrogens with two attached hydrogens (primary N) is 1. The number of β-lactam (4-membered cyclic amide) rings is 1. The van der Waals surface area contributed by atoms with Crippen molar-refractivity contribution in [1.29, 1.82) is 0 Å². The molecule has 3 amide bonds. The molecule has 13 nitrogen and oxygen atoms in total. The number of aliphatic carboxylic acids is 1. The summed E-state index contributed by atoms with van der Waals surface area (Å²) in [5, 5.41) is 18.1. The van der Waals surface area contributed by atoms with Crippen LogP contribution in [-0.4, -0.2) is 70.1 Å². The average Bonchev–Trinajstić information content (AvgIpc) is 3.50. The van der Waals surface area contributed by atoms with E-state index < -0.39 is 29.9 Å². The van der Waals surface area contributed by atoms with E-state index in [-0.39, 0.29) is 28.1 Å². The molecule has 202 valence electrons. The molecule has 5 rings (SSSR count). The predicted molar refractivity (Wildman–Crippen MR) is 139 cm³/mol. The number of nitrogen functional groups attached to an aromatic ring is 1. The van der Waals surface area contributed by atoms with Gasteiger partial charge in [0.05, 0.1) is 6.04 Å². The Morgan fingerprint density at radius 1 is 1.36 bits per heavy atom. The standard InChI is InChI=1S/C25H25N7O6S/c1-30-8-3-4-15(11-30)31-9-7-14(22(31)34)10-13-5-6-17-19(23(35)32(17)20(13)24(36)37)28-21(33)18(29-38-2)16-12-39-25(26)27-16/h3-4,8,10-12,17,19H,5-7,9H2,1-2H3,(H3-,26,27,28,33,36,37)/p+1/b14-10+,29-18-/t17-,19+/m1/s1. The fourth-order valence-electron chi connectivity index (χ4n) is 5.07. The lowest BCUT2D eigenvalue weighted by atomic mass is 9.82. The summed E-state index contributed by atoms with van der Waals surface area (Å²) in [6, 6.07) is 2.19. The molecule has 2 aromatic rings. The Morgan fingerprint density at radius 3 is 2.82 bits per heavy atom. The molecule has 2 saturated heterocycles. The lowest BCUT2D eigenvalue weighted by Gasteiger charge is -2.50. The lowest BCUT2D eigenvalue weighted by Crippen LogP contribution is -2.72. The van der Waals surface area contributed by atoms with Gasteiger partial charge in [-0.1, -0.05) is 5.16 Å². The van der Waals surface area contributed by atoms with Gasteiger partial charge >= 0.3 is 5.97 Å². The highest BCUT2D eigenvalue weighted by Crippen LogP contribution is 2.38. The van der Waals surface area contributed by atoms with Crippen molar-refractivity contribution < 1.29 is 33.7 Å². The Bertz CT molecular complexity index is 1480. The minimum Gasteiger partial charge on any atom is -0.477 e. The summed E-state index contributed by atoms with van der Waals surface area (Å²) < 4.78 is 1.85. The SMILES string of the molecule is CO/N=C(\C(=O)N[C@@H]1C(=O)N2C(C(=O)O)=C(/C=C3\CCN(c4ccc[n+](C)c4)C3=O)CC[C@H]12)c1csc(N)n1. The molecule has 14 heteroatoms. The zero-order valence-electron chi connectivity index (χ0n) is 21.2. The topological polar surface area (TPSA) is 171 Å². The van der Waals surface area contributed by atoms with E-state index in [0.29, 0.717) is 37.0 Å². The number of allylic oxidation sites excluding steroid dienone is 2. The van der Waals surface area contributed by atoms with Crippen LogP contribution in [0.1, 0.15) is 25.0 Å². The van der Waals surface area contributed by atoms with Gasteiger partial charge in [0.1, 0.15) is 37.3 Å². The van der Waals surface area contributed by atoms with E-state index in [2.05, 4.69) is 15.5 Å².